The van der Waals surface area contributed by atoms with Crippen molar-refractivity contribution >= 4 is 33.2 Å². The maximum atomic E-state index is 12.4. The molecule has 0 saturated carbocycles. The van der Waals surface area contributed by atoms with Crippen LogP contribution in [0.25, 0.3) is 0 Å². The van der Waals surface area contributed by atoms with E-state index in [0.29, 0.717) is 37.0 Å². The Kier molecular flexibility index (Phi) is 6.01. The number of nitrogens with zero attached hydrogens (tertiary/aromatic N) is 3. The summed E-state index contributed by atoms with van der Waals surface area (Å²) in [5.41, 5.74) is 0.996. The van der Waals surface area contributed by atoms with E-state index >= 15 is 0 Å². The fourth-order valence-electron chi connectivity index (χ4n) is 3.02. The molecule has 0 bridgehead atoms. The van der Waals surface area contributed by atoms with Gasteiger partial charge in [0.1, 0.15) is 5.82 Å². The lowest BCUT2D eigenvalue weighted by molar-refractivity contribution is -0.131. The molecule has 1 aliphatic rings. The number of hydrogen-bond acceptors (Lipinski definition) is 5. The summed E-state index contributed by atoms with van der Waals surface area (Å²) in [6, 6.07) is 10.3. The predicted octanol–water partition coefficient (Wildman–Crippen LogP) is 2.56. The van der Waals surface area contributed by atoms with Gasteiger partial charge in [0.25, 0.3) is 0 Å². The zero-order valence-corrected chi connectivity index (χ0v) is 16.7. The number of aryl methyl sites for hydroxylation is 1. The van der Waals surface area contributed by atoms with Gasteiger partial charge in [0.05, 0.1) is 15.7 Å². The number of hydrogen-bond donors (Lipinski definition) is 0. The minimum absolute atomic E-state index is 0.0133. The van der Waals surface area contributed by atoms with Crippen molar-refractivity contribution in [3.8, 4) is 0 Å². The molecule has 1 amide bonds. The van der Waals surface area contributed by atoms with Gasteiger partial charge in [-0.2, -0.15) is 0 Å². The third-order valence-electron chi connectivity index (χ3n) is 4.64. The first-order valence-corrected chi connectivity index (χ1v) is 10.8. The van der Waals surface area contributed by atoms with Crippen molar-refractivity contribution < 1.29 is 13.2 Å². The smallest absolute Gasteiger partial charge is 0.223 e. The molecule has 2 heterocycles. The van der Waals surface area contributed by atoms with Crippen LogP contribution in [0.4, 0.5) is 5.82 Å². The number of piperazine rings is 1. The van der Waals surface area contributed by atoms with E-state index in [1.54, 1.807) is 47.5 Å². The molecule has 1 aromatic carbocycles. The van der Waals surface area contributed by atoms with Gasteiger partial charge in [-0.15, -0.1) is 0 Å². The Morgan fingerprint density at radius 2 is 1.78 bits per heavy atom. The van der Waals surface area contributed by atoms with Gasteiger partial charge in [-0.25, -0.2) is 13.4 Å². The second-order valence-corrected chi connectivity index (χ2v) is 9.07. The van der Waals surface area contributed by atoms with Crippen molar-refractivity contribution in [3.63, 3.8) is 0 Å². The largest absolute Gasteiger partial charge is 0.352 e. The second kappa shape index (κ2) is 8.27. The molecule has 1 fully saturated rings. The minimum Gasteiger partial charge on any atom is -0.352 e. The Labute approximate surface area is 164 Å². The van der Waals surface area contributed by atoms with Gasteiger partial charge >= 0.3 is 0 Å². The topological polar surface area (TPSA) is 70.6 Å². The minimum atomic E-state index is -3.46. The Morgan fingerprint density at radius 1 is 1.11 bits per heavy atom. The van der Waals surface area contributed by atoms with Gasteiger partial charge < -0.3 is 9.80 Å². The molecule has 1 aromatic heterocycles. The summed E-state index contributed by atoms with van der Waals surface area (Å²) < 4.78 is 24.8. The first-order valence-electron chi connectivity index (χ1n) is 8.79. The lowest BCUT2D eigenvalue weighted by Gasteiger charge is -2.35. The fraction of sp³-hybridized carbons (Fsp3) is 0.368. The van der Waals surface area contributed by atoms with E-state index in [1.807, 2.05) is 11.8 Å². The highest BCUT2D eigenvalue weighted by molar-refractivity contribution is 7.91. The molecular formula is C19H22ClN3O3S. The van der Waals surface area contributed by atoms with Crippen LogP contribution in [0.1, 0.15) is 12.0 Å². The van der Waals surface area contributed by atoms with Crippen molar-refractivity contribution in [1.82, 2.24) is 9.88 Å². The lowest BCUT2D eigenvalue weighted by Crippen LogP contribution is -2.49. The molecule has 27 heavy (non-hydrogen) atoms. The van der Waals surface area contributed by atoms with Gasteiger partial charge in [-0.05, 0) is 31.2 Å². The number of rotatable bonds is 5. The summed E-state index contributed by atoms with van der Waals surface area (Å²) in [4.78, 5) is 20.7. The molecule has 0 aliphatic carbocycles. The molecule has 0 unspecified atom stereocenters. The number of aromatic nitrogens is 1. The predicted molar refractivity (Wildman–Crippen MR) is 106 cm³/mol. The van der Waals surface area contributed by atoms with Gasteiger partial charge in [0.15, 0.2) is 9.84 Å². The normalized spacial score (nSPS) is 15.0. The van der Waals surface area contributed by atoms with E-state index in [9.17, 15) is 13.2 Å². The lowest BCUT2D eigenvalue weighted by atomic mass is 10.2. The number of anilines is 1. The van der Waals surface area contributed by atoms with Gasteiger partial charge in [0, 0.05) is 38.8 Å². The molecular weight excluding hydrogens is 386 g/mol. The molecule has 8 heteroatoms. The van der Waals surface area contributed by atoms with Crippen LogP contribution in [0, 0.1) is 6.92 Å². The highest BCUT2D eigenvalue weighted by Crippen LogP contribution is 2.23. The van der Waals surface area contributed by atoms with Crippen LogP contribution < -0.4 is 4.90 Å². The average Bonchev–Trinajstić information content (AvgIpc) is 2.67. The first-order chi connectivity index (χ1) is 12.9. The standard InChI is InChI=1S/C19H22ClN3O3S/c1-15-4-6-16(7-5-15)27(25,26)14-8-18(24)22-10-12-23(13-11-22)19-17(20)3-2-9-21-19/h2-7,9H,8,10-14H2,1H3. The van der Waals surface area contributed by atoms with E-state index < -0.39 is 9.84 Å². The highest BCUT2D eigenvalue weighted by Gasteiger charge is 2.24. The van der Waals surface area contributed by atoms with Gasteiger partial charge in [0.2, 0.25) is 5.91 Å². The van der Waals surface area contributed by atoms with Crippen LogP contribution in [0.2, 0.25) is 5.02 Å². The van der Waals surface area contributed by atoms with E-state index in [-0.39, 0.29) is 23.0 Å². The third kappa shape index (κ3) is 4.78. The van der Waals surface area contributed by atoms with Crippen molar-refractivity contribution in [2.45, 2.75) is 18.2 Å². The maximum absolute atomic E-state index is 12.4. The molecule has 1 saturated heterocycles. The second-order valence-electron chi connectivity index (χ2n) is 6.56. The quantitative estimate of drug-likeness (QED) is 0.761. The number of sulfone groups is 1. The van der Waals surface area contributed by atoms with E-state index in [4.69, 9.17) is 11.6 Å². The highest BCUT2D eigenvalue weighted by atomic mass is 35.5. The Bertz CT molecular complexity index is 908. The molecule has 144 valence electrons. The number of halogens is 1. The van der Waals surface area contributed by atoms with Crippen LogP contribution >= 0.6 is 11.6 Å². The summed E-state index contributed by atoms with van der Waals surface area (Å²) in [7, 11) is -3.46. The summed E-state index contributed by atoms with van der Waals surface area (Å²) in [5, 5.41) is 0.585. The van der Waals surface area contributed by atoms with E-state index in [2.05, 4.69) is 4.98 Å². The number of amides is 1. The fourth-order valence-corrected chi connectivity index (χ4v) is 4.49. The maximum Gasteiger partial charge on any atom is 0.223 e. The molecule has 6 nitrogen and oxygen atoms in total. The Morgan fingerprint density at radius 3 is 2.41 bits per heavy atom. The number of pyridine rings is 1. The third-order valence-corrected chi connectivity index (χ3v) is 6.66. The molecule has 2 aromatic rings. The molecule has 0 radical (unpaired) electrons. The summed E-state index contributed by atoms with van der Waals surface area (Å²) >= 11 is 6.17. The van der Waals surface area contributed by atoms with Crippen LogP contribution in [-0.4, -0.2) is 56.1 Å². The van der Waals surface area contributed by atoms with E-state index in [0.717, 1.165) is 5.56 Å². The number of carbonyl (C=O) groups excluding carboxylic acids is 1. The number of benzene rings is 1. The Hall–Kier alpha value is -2.12. The van der Waals surface area contributed by atoms with Gasteiger partial charge in [-0.1, -0.05) is 29.3 Å². The van der Waals surface area contributed by atoms with Crippen LogP contribution in [0.5, 0.6) is 0 Å². The van der Waals surface area contributed by atoms with Crippen LogP contribution in [-0.2, 0) is 14.6 Å². The molecule has 0 spiro atoms. The van der Waals surface area contributed by atoms with Crippen molar-refractivity contribution in [1.29, 1.82) is 0 Å². The number of carbonyl (C=O) groups is 1. The Balaban J connectivity index is 1.54. The SMILES string of the molecule is Cc1ccc(S(=O)(=O)CCC(=O)N2CCN(c3ncccc3Cl)CC2)cc1. The van der Waals surface area contributed by atoms with Gasteiger partial charge in [-0.3, -0.25) is 4.79 Å². The summed E-state index contributed by atoms with van der Waals surface area (Å²) in [5.74, 6) is 0.395. The van der Waals surface area contributed by atoms with E-state index in [1.165, 1.54) is 0 Å². The molecule has 0 N–H and O–H groups in total. The zero-order valence-electron chi connectivity index (χ0n) is 15.1. The first kappa shape index (κ1) is 19.6. The molecule has 1 aliphatic heterocycles. The summed E-state index contributed by atoms with van der Waals surface area (Å²) in [6.07, 6.45) is 1.68. The zero-order chi connectivity index (χ0) is 19.4. The average molecular weight is 408 g/mol. The van der Waals surface area contributed by atoms with Crippen LogP contribution in [0.15, 0.2) is 47.5 Å². The summed E-state index contributed by atoms with van der Waals surface area (Å²) in [6.45, 7) is 4.19. The van der Waals surface area contributed by atoms with Crippen molar-refractivity contribution in [3.05, 3.63) is 53.2 Å². The van der Waals surface area contributed by atoms with Crippen molar-refractivity contribution in [2.75, 3.05) is 36.8 Å². The molecule has 0 atom stereocenters. The van der Waals surface area contributed by atoms with Crippen molar-refractivity contribution in [2.24, 2.45) is 0 Å². The molecule has 3 rings (SSSR count). The monoisotopic (exact) mass is 407 g/mol. The van der Waals surface area contributed by atoms with Crippen LogP contribution in [0.3, 0.4) is 0 Å².